The molecule has 0 unspecified atom stereocenters. The van der Waals surface area contributed by atoms with Gasteiger partial charge in [0, 0.05) is 30.5 Å². The van der Waals surface area contributed by atoms with Crippen molar-refractivity contribution in [2.75, 3.05) is 18.4 Å². The maximum Gasteiger partial charge on any atom is 0.410 e. The van der Waals surface area contributed by atoms with Crippen LogP contribution in [0.25, 0.3) is 0 Å². The highest BCUT2D eigenvalue weighted by Gasteiger charge is 2.26. The highest BCUT2D eigenvalue weighted by molar-refractivity contribution is 5.68. The molecule has 1 aliphatic rings. The van der Waals surface area contributed by atoms with Crippen LogP contribution >= 0.6 is 0 Å². The molecule has 0 aromatic carbocycles. The molecule has 2 rings (SSSR count). The SMILES string of the molecule is Cc1cc(NC2CCN(C(=O)OC(C)(C)C)CC2)cc(CO)n1. The number of pyridine rings is 1. The predicted octanol–water partition coefficient (Wildman–Crippen LogP) is 2.69. The van der Waals surface area contributed by atoms with Crippen LogP contribution in [-0.2, 0) is 11.3 Å². The molecule has 0 spiro atoms. The molecule has 1 aromatic heterocycles. The number of piperidine rings is 1. The first-order valence-electron chi connectivity index (χ1n) is 8.10. The third-order valence-corrected chi connectivity index (χ3v) is 3.69. The number of nitrogens with one attached hydrogen (secondary N) is 1. The van der Waals surface area contributed by atoms with Gasteiger partial charge >= 0.3 is 6.09 Å². The molecule has 128 valence electrons. The number of aliphatic hydroxyl groups excluding tert-OH is 1. The summed E-state index contributed by atoms with van der Waals surface area (Å²) in [6.45, 7) is 8.85. The average Bonchev–Trinajstić information content (AvgIpc) is 2.45. The van der Waals surface area contributed by atoms with Crippen molar-refractivity contribution < 1.29 is 14.6 Å². The highest BCUT2D eigenvalue weighted by atomic mass is 16.6. The maximum atomic E-state index is 12.1. The molecule has 2 heterocycles. The Kier molecular flexibility index (Phi) is 5.46. The minimum absolute atomic E-state index is 0.0621. The second-order valence-electron chi connectivity index (χ2n) is 7.03. The molecule has 1 saturated heterocycles. The van der Waals surface area contributed by atoms with Gasteiger partial charge in [0.15, 0.2) is 0 Å². The highest BCUT2D eigenvalue weighted by Crippen LogP contribution is 2.20. The van der Waals surface area contributed by atoms with Gasteiger partial charge in [0.05, 0.1) is 12.3 Å². The van der Waals surface area contributed by atoms with E-state index < -0.39 is 5.60 Å². The summed E-state index contributed by atoms with van der Waals surface area (Å²) in [5.41, 5.74) is 2.06. The number of hydrogen-bond acceptors (Lipinski definition) is 5. The van der Waals surface area contributed by atoms with E-state index in [2.05, 4.69) is 10.3 Å². The Balaban J connectivity index is 1.87. The summed E-state index contributed by atoms with van der Waals surface area (Å²) in [4.78, 5) is 18.1. The Morgan fingerprint density at radius 3 is 2.61 bits per heavy atom. The number of aromatic nitrogens is 1. The first-order valence-corrected chi connectivity index (χ1v) is 8.10. The summed E-state index contributed by atoms with van der Waals surface area (Å²) in [6.07, 6.45) is 1.50. The molecule has 23 heavy (non-hydrogen) atoms. The van der Waals surface area contributed by atoms with Crippen LogP contribution in [0, 0.1) is 6.92 Å². The van der Waals surface area contributed by atoms with E-state index in [1.807, 2.05) is 39.8 Å². The minimum atomic E-state index is -0.457. The molecule has 0 aliphatic carbocycles. The van der Waals surface area contributed by atoms with Gasteiger partial charge in [-0.05, 0) is 52.7 Å². The van der Waals surface area contributed by atoms with Crippen LogP contribution in [-0.4, -0.2) is 45.8 Å². The average molecular weight is 321 g/mol. The van der Waals surface area contributed by atoms with E-state index in [0.717, 1.165) is 24.2 Å². The van der Waals surface area contributed by atoms with Crippen molar-refractivity contribution in [3.63, 3.8) is 0 Å². The third kappa shape index (κ3) is 5.39. The number of rotatable bonds is 3. The van der Waals surface area contributed by atoms with Crippen LogP contribution in [0.15, 0.2) is 12.1 Å². The quantitative estimate of drug-likeness (QED) is 0.895. The standard InChI is InChI=1S/C17H27N3O3/c1-12-9-14(10-15(11-21)18-12)19-13-5-7-20(8-6-13)16(22)23-17(2,3)4/h9-10,13,21H,5-8,11H2,1-4H3,(H,18,19). The zero-order valence-corrected chi connectivity index (χ0v) is 14.4. The van der Waals surface area contributed by atoms with E-state index >= 15 is 0 Å². The third-order valence-electron chi connectivity index (χ3n) is 3.69. The minimum Gasteiger partial charge on any atom is -0.444 e. The van der Waals surface area contributed by atoms with Crippen molar-refractivity contribution in [2.45, 2.75) is 58.8 Å². The molecule has 6 nitrogen and oxygen atoms in total. The number of amides is 1. The summed E-state index contributed by atoms with van der Waals surface area (Å²) in [6, 6.07) is 4.15. The summed E-state index contributed by atoms with van der Waals surface area (Å²) in [5, 5.41) is 12.7. The topological polar surface area (TPSA) is 74.7 Å². The summed E-state index contributed by atoms with van der Waals surface area (Å²) < 4.78 is 5.41. The smallest absolute Gasteiger partial charge is 0.410 e. The zero-order valence-electron chi connectivity index (χ0n) is 14.4. The lowest BCUT2D eigenvalue weighted by Gasteiger charge is -2.34. The van der Waals surface area contributed by atoms with Crippen LogP contribution in [0.4, 0.5) is 10.5 Å². The Bertz CT molecular complexity index is 547. The molecule has 0 saturated carbocycles. The first kappa shape index (κ1) is 17.5. The molecule has 0 bridgehead atoms. The Morgan fingerprint density at radius 2 is 2.04 bits per heavy atom. The Labute approximate surface area is 137 Å². The van der Waals surface area contributed by atoms with Crippen molar-refractivity contribution in [3.8, 4) is 0 Å². The van der Waals surface area contributed by atoms with E-state index in [4.69, 9.17) is 4.74 Å². The Hall–Kier alpha value is -1.82. The number of aryl methyl sites for hydroxylation is 1. The van der Waals surface area contributed by atoms with Gasteiger partial charge in [0.25, 0.3) is 0 Å². The van der Waals surface area contributed by atoms with Gasteiger partial charge in [-0.25, -0.2) is 4.79 Å². The van der Waals surface area contributed by atoms with Crippen LogP contribution in [0.1, 0.15) is 45.0 Å². The van der Waals surface area contributed by atoms with Gasteiger partial charge < -0.3 is 20.1 Å². The fourth-order valence-corrected chi connectivity index (χ4v) is 2.67. The normalized spacial score (nSPS) is 16.3. The lowest BCUT2D eigenvalue weighted by atomic mass is 10.0. The molecular formula is C17H27N3O3. The van der Waals surface area contributed by atoms with Gasteiger partial charge in [-0.1, -0.05) is 0 Å². The monoisotopic (exact) mass is 321 g/mol. The van der Waals surface area contributed by atoms with Crippen molar-refractivity contribution in [3.05, 3.63) is 23.5 Å². The predicted molar refractivity (Wildman–Crippen MR) is 89.3 cm³/mol. The van der Waals surface area contributed by atoms with E-state index in [-0.39, 0.29) is 12.7 Å². The van der Waals surface area contributed by atoms with Crippen molar-refractivity contribution in [1.82, 2.24) is 9.88 Å². The zero-order chi connectivity index (χ0) is 17.0. The molecule has 0 atom stereocenters. The Morgan fingerprint density at radius 1 is 1.39 bits per heavy atom. The second kappa shape index (κ2) is 7.17. The summed E-state index contributed by atoms with van der Waals surface area (Å²) >= 11 is 0. The van der Waals surface area contributed by atoms with E-state index in [0.29, 0.717) is 24.8 Å². The molecule has 1 amide bonds. The largest absolute Gasteiger partial charge is 0.444 e. The van der Waals surface area contributed by atoms with Crippen LogP contribution < -0.4 is 5.32 Å². The molecule has 1 aromatic rings. The fraction of sp³-hybridized carbons (Fsp3) is 0.647. The molecule has 1 aliphatic heterocycles. The van der Waals surface area contributed by atoms with Gasteiger partial charge in [-0.2, -0.15) is 0 Å². The first-order chi connectivity index (χ1) is 10.8. The molecule has 1 fully saturated rings. The van der Waals surface area contributed by atoms with Crippen molar-refractivity contribution in [1.29, 1.82) is 0 Å². The number of carbonyl (C=O) groups excluding carboxylic acids is 1. The van der Waals surface area contributed by atoms with E-state index in [1.54, 1.807) is 4.90 Å². The lowest BCUT2D eigenvalue weighted by Crippen LogP contribution is -2.44. The second-order valence-corrected chi connectivity index (χ2v) is 7.03. The van der Waals surface area contributed by atoms with Gasteiger partial charge in [-0.15, -0.1) is 0 Å². The summed E-state index contributed by atoms with van der Waals surface area (Å²) in [5.74, 6) is 0. The molecule has 0 radical (unpaired) electrons. The van der Waals surface area contributed by atoms with Crippen molar-refractivity contribution >= 4 is 11.8 Å². The summed E-state index contributed by atoms with van der Waals surface area (Å²) in [7, 11) is 0. The van der Waals surface area contributed by atoms with E-state index in [9.17, 15) is 9.90 Å². The van der Waals surface area contributed by atoms with Gasteiger partial charge in [0.1, 0.15) is 5.60 Å². The van der Waals surface area contributed by atoms with Gasteiger partial charge in [0.2, 0.25) is 0 Å². The number of hydrogen-bond donors (Lipinski definition) is 2. The fourth-order valence-electron chi connectivity index (χ4n) is 2.67. The van der Waals surface area contributed by atoms with Crippen molar-refractivity contribution in [2.24, 2.45) is 0 Å². The molecular weight excluding hydrogens is 294 g/mol. The number of anilines is 1. The number of nitrogens with zero attached hydrogens (tertiary/aromatic N) is 2. The van der Waals surface area contributed by atoms with Crippen LogP contribution in [0.2, 0.25) is 0 Å². The number of aliphatic hydroxyl groups is 1. The number of ether oxygens (including phenoxy) is 1. The molecule has 6 heteroatoms. The maximum absolute atomic E-state index is 12.1. The van der Waals surface area contributed by atoms with Gasteiger partial charge in [-0.3, -0.25) is 4.98 Å². The number of carbonyl (C=O) groups is 1. The van der Waals surface area contributed by atoms with E-state index in [1.165, 1.54) is 0 Å². The molecule has 2 N–H and O–H groups in total. The lowest BCUT2D eigenvalue weighted by molar-refractivity contribution is 0.0210. The van der Waals surface area contributed by atoms with Crippen LogP contribution in [0.3, 0.4) is 0 Å². The van der Waals surface area contributed by atoms with Crippen LogP contribution in [0.5, 0.6) is 0 Å². The number of likely N-dealkylation sites (tertiary alicyclic amines) is 1.